The fraction of sp³-hybridized carbons (Fsp3) is 0.136. The minimum Gasteiger partial charge on any atom is -0.271 e. The summed E-state index contributed by atoms with van der Waals surface area (Å²) in [6, 6.07) is 16.9. The van der Waals surface area contributed by atoms with Crippen molar-refractivity contribution in [2.75, 3.05) is 10.8 Å². The fourth-order valence-corrected chi connectivity index (χ4v) is 4.35. The Hall–Kier alpha value is -3.52. The van der Waals surface area contributed by atoms with Crippen LogP contribution in [0.1, 0.15) is 16.7 Å². The quantitative estimate of drug-likeness (QED) is 0.468. The molecule has 0 aliphatic carbocycles. The number of pyridine rings is 1. The molecule has 0 bridgehead atoms. The largest absolute Gasteiger partial charge is 0.271 e. The first-order chi connectivity index (χ1) is 14.4. The van der Waals surface area contributed by atoms with Crippen LogP contribution < -0.4 is 9.73 Å². The van der Waals surface area contributed by atoms with Crippen molar-refractivity contribution in [3.8, 4) is 0 Å². The Labute approximate surface area is 176 Å². The predicted molar refractivity (Wildman–Crippen MR) is 117 cm³/mol. The first-order valence-electron chi connectivity index (χ1n) is 9.24. The number of amides is 1. The van der Waals surface area contributed by atoms with Crippen molar-refractivity contribution >= 4 is 27.8 Å². The third kappa shape index (κ3) is 5.30. The SMILES string of the molecule is Cc1cc(C)cc(N(CC(=O)N/N=C\c2ccncc2)S(=O)(=O)c2ccccc2)c1. The standard InChI is InChI=1S/C22H22N4O3S/c1-17-12-18(2)14-20(13-17)26(30(28,29)21-6-4-3-5-7-21)16-22(27)25-24-15-19-8-10-23-11-9-19/h3-15H,16H2,1-2H3,(H,25,27)/b24-15-. The molecule has 154 valence electrons. The highest BCUT2D eigenvalue weighted by Gasteiger charge is 2.27. The van der Waals surface area contributed by atoms with E-state index in [1.165, 1.54) is 18.3 Å². The Morgan fingerprint density at radius 1 is 1.03 bits per heavy atom. The lowest BCUT2D eigenvalue weighted by Gasteiger charge is -2.24. The Bertz CT molecular complexity index is 1130. The van der Waals surface area contributed by atoms with Crippen LogP contribution in [-0.4, -0.2) is 32.1 Å². The molecule has 0 saturated carbocycles. The van der Waals surface area contributed by atoms with Crippen molar-refractivity contribution in [1.29, 1.82) is 0 Å². The number of sulfonamides is 1. The average molecular weight is 423 g/mol. The molecule has 1 amide bonds. The first-order valence-corrected chi connectivity index (χ1v) is 10.7. The van der Waals surface area contributed by atoms with E-state index >= 15 is 0 Å². The highest BCUT2D eigenvalue weighted by atomic mass is 32.2. The van der Waals surface area contributed by atoms with Gasteiger partial charge in [-0.3, -0.25) is 14.1 Å². The summed E-state index contributed by atoms with van der Waals surface area (Å²) in [6.45, 7) is 3.35. The molecule has 3 aromatic rings. The number of hydrogen-bond donors (Lipinski definition) is 1. The molecule has 0 radical (unpaired) electrons. The van der Waals surface area contributed by atoms with Gasteiger partial charge in [0, 0.05) is 12.4 Å². The van der Waals surface area contributed by atoms with Gasteiger partial charge in [0.25, 0.3) is 15.9 Å². The summed E-state index contributed by atoms with van der Waals surface area (Å²) in [5.41, 5.74) is 5.36. The number of carbonyl (C=O) groups excluding carboxylic acids is 1. The van der Waals surface area contributed by atoms with E-state index in [9.17, 15) is 13.2 Å². The van der Waals surface area contributed by atoms with E-state index in [-0.39, 0.29) is 4.90 Å². The van der Waals surface area contributed by atoms with Gasteiger partial charge in [-0.1, -0.05) is 24.3 Å². The summed E-state index contributed by atoms with van der Waals surface area (Å²) >= 11 is 0. The maximum atomic E-state index is 13.3. The van der Waals surface area contributed by atoms with Crippen LogP contribution in [0.2, 0.25) is 0 Å². The second-order valence-corrected chi connectivity index (χ2v) is 8.61. The van der Waals surface area contributed by atoms with Gasteiger partial charge >= 0.3 is 0 Å². The first kappa shape index (κ1) is 21.2. The molecule has 1 aromatic heterocycles. The molecule has 7 nitrogen and oxygen atoms in total. The highest BCUT2D eigenvalue weighted by Crippen LogP contribution is 2.25. The summed E-state index contributed by atoms with van der Waals surface area (Å²) in [5, 5.41) is 3.90. The molecule has 30 heavy (non-hydrogen) atoms. The Kier molecular flexibility index (Phi) is 6.58. The minimum atomic E-state index is -3.95. The van der Waals surface area contributed by atoms with E-state index in [0.717, 1.165) is 21.0 Å². The van der Waals surface area contributed by atoms with Crippen LogP contribution in [0.15, 0.2) is 83.1 Å². The van der Waals surface area contributed by atoms with Crippen molar-refractivity contribution < 1.29 is 13.2 Å². The van der Waals surface area contributed by atoms with E-state index in [1.807, 2.05) is 19.9 Å². The lowest BCUT2D eigenvalue weighted by atomic mass is 10.1. The number of aromatic nitrogens is 1. The molecule has 8 heteroatoms. The number of anilines is 1. The maximum absolute atomic E-state index is 13.3. The summed E-state index contributed by atoms with van der Waals surface area (Å²) in [4.78, 5) is 16.5. The molecule has 1 N–H and O–H groups in total. The summed E-state index contributed by atoms with van der Waals surface area (Å²) in [5.74, 6) is -0.557. The highest BCUT2D eigenvalue weighted by molar-refractivity contribution is 7.92. The summed E-state index contributed by atoms with van der Waals surface area (Å²) < 4.78 is 27.7. The van der Waals surface area contributed by atoms with Crippen LogP contribution in [-0.2, 0) is 14.8 Å². The molecule has 0 saturated heterocycles. The molecular weight excluding hydrogens is 400 g/mol. The van der Waals surface area contributed by atoms with Gasteiger partial charge in [-0.2, -0.15) is 5.10 Å². The van der Waals surface area contributed by atoms with Crippen LogP contribution >= 0.6 is 0 Å². The van der Waals surface area contributed by atoms with Crippen LogP contribution in [0.25, 0.3) is 0 Å². The third-order valence-corrected chi connectivity index (χ3v) is 6.01. The molecular formula is C22H22N4O3S. The molecule has 0 atom stereocenters. The Morgan fingerprint density at radius 3 is 2.30 bits per heavy atom. The number of nitrogens with one attached hydrogen (secondary N) is 1. The molecule has 1 heterocycles. The zero-order valence-electron chi connectivity index (χ0n) is 16.7. The molecule has 0 spiro atoms. The number of hydrogen-bond acceptors (Lipinski definition) is 5. The average Bonchev–Trinajstić information content (AvgIpc) is 2.72. The van der Waals surface area contributed by atoms with Gasteiger partial charge in [0.15, 0.2) is 0 Å². The molecule has 3 rings (SSSR count). The van der Waals surface area contributed by atoms with Crippen molar-refractivity contribution in [1.82, 2.24) is 10.4 Å². The summed E-state index contributed by atoms with van der Waals surface area (Å²) in [6.07, 6.45) is 4.68. The van der Waals surface area contributed by atoms with E-state index in [1.54, 1.807) is 54.9 Å². The van der Waals surface area contributed by atoms with E-state index in [2.05, 4.69) is 15.5 Å². The molecule has 2 aromatic carbocycles. The van der Waals surface area contributed by atoms with Crippen LogP contribution in [0.3, 0.4) is 0 Å². The third-order valence-electron chi connectivity index (χ3n) is 4.22. The number of rotatable bonds is 7. The normalized spacial score (nSPS) is 11.4. The smallest absolute Gasteiger partial charge is 0.264 e. The van der Waals surface area contributed by atoms with Crippen molar-refractivity contribution in [3.05, 3.63) is 89.7 Å². The van der Waals surface area contributed by atoms with Gasteiger partial charge in [0.2, 0.25) is 0 Å². The van der Waals surface area contributed by atoms with Gasteiger partial charge in [-0.05, 0) is 66.9 Å². The molecule has 0 unspecified atom stereocenters. The monoisotopic (exact) mass is 422 g/mol. The van der Waals surface area contributed by atoms with E-state index < -0.39 is 22.5 Å². The lowest BCUT2D eigenvalue weighted by Crippen LogP contribution is -2.39. The fourth-order valence-electron chi connectivity index (χ4n) is 2.92. The number of aryl methyl sites for hydroxylation is 2. The van der Waals surface area contributed by atoms with Gasteiger partial charge in [-0.25, -0.2) is 13.8 Å². The minimum absolute atomic E-state index is 0.109. The van der Waals surface area contributed by atoms with E-state index in [0.29, 0.717) is 5.69 Å². The molecule has 0 aliphatic heterocycles. The zero-order chi connectivity index (χ0) is 21.6. The number of hydrazone groups is 1. The van der Waals surface area contributed by atoms with Crippen molar-refractivity contribution in [2.45, 2.75) is 18.7 Å². The van der Waals surface area contributed by atoms with Gasteiger partial charge in [-0.15, -0.1) is 0 Å². The van der Waals surface area contributed by atoms with E-state index in [4.69, 9.17) is 0 Å². The van der Waals surface area contributed by atoms with Gasteiger partial charge in [0.05, 0.1) is 16.8 Å². The Balaban J connectivity index is 1.88. The number of benzene rings is 2. The maximum Gasteiger partial charge on any atom is 0.264 e. The summed E-state index contributed by atoms with van der Waals surface area (Å²) in [7, 11) is -3.95. The van der Waals surface area contributed by atoms with Crippen LogP contribution in [0.4, 0.5) is 5.69 Å². The van der Waals surface area contributed by atoms with Gasteiger partial charge in [0.1, 0.15) is 6.54 Å². The van der Waals surface area contributed by atoms with Crippen LogP contribution in [0, 0.1) is 13.8 Å². The number of nitrogens with zero attached hydrogens (tertiary/aromatic N) is 3. The number of carbonyl (C=O) groups is 1. The molecule has 0 aliphatic rings. The Morgan fingerprint density at radius 2 is 1.67 bits per heavy atom. The molecule has 0 fully saturated rings. The predicted octanol–water partition coefficient (Wildman–Crippen LogP) is 3.04. The van der Waals surface area contributed by atoms with Crippen molar-refractivity contribution in [2.24, 2.45) is 5.10 Å². The van der Waals surface area contributed by atoms with Crippen molar-refractivity contribution in [3.63, 3.8) is 0 Å². The topological polar surface area (TPSA) is 91.7 Å². The zero-order valence-corrected chi connectivity index (χ0v) is 17.5. The lowest BCUT2D eigenvalue weighted by molar-refractivity contribution is -0.119. The second kappa shape index (κ2) is 9.32. The van der Waals surface area contributed by atoms with Crippen LogP contribution in [0.5, 0.6) is 0 Å². The second-order valence-electron chi connectivity index (χ2n) is 6.74. The van der Waals surface area contributed by atoms with Gasteiger partial charge < -0.3 is 0 Å².